The number of halogens is 1. The molecule has 3 aromatic rings. The molecule has 4 rings (SSSR count). The minimum absolute atomic E-state index is 0.147. The van der Waals surface area contributed by atoms with Crippen molar-refractivity contribution in [1.82, 2.24) is 0 Å². The summed E-state index contributed by atoms with van der Waals surface area (Å²) in [6.45, 7) is 8.81. The van der Waals surface area contributed by atoms with E-state index in [0.29, 0.717) is 34.7 Å². The van der Waals surface area contributed by atoms with E-state index in [2.05, 4.69) is 51.2 Å². The molecule has 2 N–H and O–H groups in total. The highest BCUT2D eigenvalue weighted by Crippen LogP contribution is 2.30. The minimum atomic E-state index is -0.593. The number of aromatic hydroxyl groups is 1. The van der Waals surface area contributed by atoms with Crippen molar-refractivity contribution in [1.29, 1.82) is 0 Å². The number of carbonyl (C=O) groups excluding carboxylic acids is 1. The molecule has 0 saturated heterocycles. The van der Waals surface area contributed by atoms with Gasteiger partial charge in [0.05, 0.1) is 11.4 Å². The number of phenolic OH excluding ortho intramolecular Hbond substituents is 1. The number of benzene rings is 3. The number of benzodiazepines with no additional fused rings is 1. The number of carbonyl (C=O) groups is 1. The molecule has 0 fully saturated rings. The van der Waals surface area contributed by atoms with E-state index < -0.39 is 6.04 Å². The molecule has 1 amide bonds. The third-order valence-electron chi connectivity index (χ3n) is 6.05. The van der Waals surface area contributed by atoms with Crippen LogP contribution in [0.5, 0.6) is 5.75 Å². The fraction of sp³-hybridized carbons (Fsp3) is 0.286. The summed E-state index contributed by atoms with van der Waals surface area (Å²) >= 11 is 6.29. The second-order valence-corrected chi connectivity index (χ2v) is 9.63. The van der Waals surface area contributed by atoms with Gasteiger partial charge in [0.15, 0.2) is 0 Å². The minimum Gasteiger partial charge on any atom is -0.508 e. The fourth-order valence-corrected chi connectivity index (χ4v) is 4.48. The molecule has 4 nitrogen and oxygen atoms in total. The summed E-state index contributed by atoms with van der Waals surface area (Å²) in [5, 5.41) is 13.3. The maximum absolute atomic E-state index is 13.2. The largest absolute Gasteiger partial charge is 0.508 e. The molecule has 1 heterocycles. The van der Waals surface area contributed by atoms with Gasteiger partial charge >= 0.3 is 0 Å². The molecule has 0 aromatic heterocycles. The zero-order chi connectivity index (χ0) is 23.7. The third-order valence-corrected chi connectivity index (χ3v) is 6.28. The van der Waals surface area contributed by atoms with Crippen molar-refractivity contribution in [2.45, 2.75) is 52.0 Å². The Balaban J connectivity index is 1.78. The number of phenols is 1. The van der Waals surface area contributed by atoms with E-state index in [1.807, 2.05) is 12.1 Å². The van der Waals surface area contributed by atoms with Gasteiger partial charge in [-0.1, -0.05) is 57.5 Å². The summed E-state index contributed by atoms with van der Waals surface area (Å²) in [5.74, 6) is 0.867. The Kier molecular flexibility index (Phi) is 6.57. The third kappa shape index (κ3) is 4.96. The van der Waals surface area contributed by atoms with Crippen molar-refractivity contribution >= 4 is 28.9 Å². The van der Waals surface area contributed by atoms with Crippen molar-refractivity contribution in [3.05, 3.63) is 93.5 Å². The normalized spacial score (nSPS) is 15.8. The van der Waals surface area contributed by atoms with Crippen molar-refractivity contribution in [3.63, 3.8) is 0 Å². The second kappa shape index (κ2) is 9.40. The van der Waals surface area contributed by atoms with Crippen molar-refractivity contribution in [2.75, 3.05) is 5.32 Å². The van der Waals surface area contributed by atoms with E-state index in [9.17, 15) is 9.90 Å². The molecule has 33 heavy (non-hydrogen) atoms. The molecule has 3 aromatic carbocycles. The van der Waals surface area contributed by atoms with E-state index in [4.69, 9.17) is 16.6 Å². The van der Waals surface area contributed by atoms with E-state index in [1.165, 1.54) is 11.1 Å². The molecule has 170 valence electrons. The van der Waals surface area contributed by atoms with Crippen LogP contribution in [-0.2, 0) is 11.2 Å². The molecule has 1 unspecified atom stereocenters. The predicted molar refractivity (Wildman–Crippen MR) is 136 cm³/mol. The van der Waals surface area contributed by atoms with E-state index in [-0.39, 0.29) is 11.7 Å². The number of anilines is 1. The molecule has 1 aliphatic heterocycles. The summed E-state index contributed by atoms with van der Waals surface area (Å²) in [6.07, 6.45) is 0.493. The molecule has 5 heteroatoms. The van der Waals surface area contributed by atoms with Crippen molar-refractivity contribution in [2.24, 2.45) is 4.99 Å². The van der Waals surface area contributed by atoms with Crippen LogP contribution >= 0.6 is 11.6 Å². The molecule has 0 radical (unpaired) electrons. The topological polar surface area (TPSA) is 61.7 Å². The SMILES string of the molecule is CC(C)c1ccc(CC2N=C(c3ccc(O)cc3)c3cc(Cl)ccc3NC2=O)cc1C(C)C. The lowest BCUT2D eigenvalue weighted by Crippen LogP contribution is -2.27. The first-order chi connectivity index (χ1) is 15.7. The van der Waals surface area contributed by atoms with Gasteiger partial charge in [-0.25, -0.2) is 0 Å². The van der Waals surface area contributed by atoms with Gasteiger partial charge in [0.1, 0.15) is 11.8 Å². The second-order valence-electron chi connectivity index (χ2n) is 9.20. The van der Waals surface area contributed by atoms with Crippen LogP contribution in [0.3, 0.4) is 0 Å². The summed E-state index contributed by atoms with van der Waals surface area (Å²) in [7, 11) is 0. The van der Waals surface area contributed by atoms with Crippen LogP contribution < -0.4 is 5.32 Å². The highest BCUT2D eigenvalue weighted by atomic mass is 35.5. The Bertz CT molecular complexity index is 1210. The molecular formula is C28H29ClN2O2. The highest BCUT2D eigenvalue weighted by Gasteiger charge is 2.27. The first-order valence-corrected chi connectivity index (χ1v) is 11.7. The van der Waals surface area contributed by atoms with Gasteiger partial charge in [-0.15, -0.1) is 0 Å². The van der Waals surface area contributed by atoms with Crippen LogP contribution in [0.25, 0.3) is 0 Å². The van der Waals surface area contributed by atoms with E-state index >= 15 is 0 Å². The van der Waals surface area contributed by atoms with Gasteiger partial charge in [0, 0.05) is 22.6 Å². The standard InChI is InChI=1S/C28H29ClN2O2/c1-16(2)22-11-5-18(13-23(22)17(3)4)14-26-28(33)31-25-12-8-20(29)15-24(25)27(30-26)19-6-9-21(32)10-7-19/h5-13,15-17,26,32H,14H2,1-4H3,(H,31,33). The van der Waals surface area contributed by atoms with Crippen molar-refractivity contribution in [3.8, 4) is 5.75 Å². The molecule has 0 spiro atoms. The fourth-order valence-electron chi connectivity index (χ4n) is 4.31. The van der Waals surface area contributed by atoms with Crippen LogP contribution in [0.15, 0.2) is 65.7 Å². The predicted octanol–water partition coefficient (Wildman–Crippen LogP) is 6.69. The number of aliphatic imine (C=N–C) groups is 1. The molecule has 1 atom stereocenters. The van der Waals surface area contributed by atoms with Gasteiger partial charge in [0.25, 0.3) is 0 Å². The molecule has 0 aliphatic carbocycles. The lowest BCUT2D eigenvalue weighted by Gasteiger charge is -2.18. The van der Waals surface area contributed by atoms with Gasteiger partial charge in [-0.05, 0) is 71.0 Å². The Hall–Kier alpha value is -3.11. The number of amides is 1. The average Bonchev–Trinajstić information content (AvgIpc) is 2.90. The Morgan fingerprint density at radius 1 is 0.939 bits per heavy atom. The quantitative estimate of drug-likeness (QED) is 0.445. The van der Waals surface area contributed by atoms with Crippen LogP contribution in [0, 0.1) is 0 Å². The van der Waals surface area contributed by atoms with Crippen LogP contribution in [0.2, 0.25) is 5.02 Å². The van der Waals surface area contributed by atoms with Gasteiger partial charge < -0.3 is 10.4 Å². The van der Waals surface area contributed by atoms with Gasteiger partial charge in [-0.3, -0.25) is 9.79 Å². The Morgan fingerprint density at radius 3 is 2.30 bits per heavy atom. The van der Waals surface area contributed by atoms with Crippen LogP contribution in [-0.4, -0.2) is 22.8 Å². The maximum Gasteiger partial charge on any atom is 0.249 e. The molecule has 1 aliphatic rings. The van der Waals surface area contributed by atoms with Crippen LogP contribution in [0.1, 0.15) is 67.3 Å². The Morgan fingerprint density at radius 2 is 1.64 bits per heavy atom. The number of nitrogens with zero attached hydrogens (tertiary/aromatic N) is 1. The summed E-state index contributed by atoms with van der Waals surface area (Å²) < 4.78 is 0. The monoisotopic (exact) mass is 460 g/mol. The van der Waals surface area contributed by atoms with Crippen LogP contribution in [0.4, 0.5) is 5.69 Å². The summed E-state index contributed by atoms with van der Waals surface area (Å²) in [5.41, 5.74) is 6.68. The van der Waals surface area contributed by atoms with Crippen molar-refractivity contribution < 1.29 is 9.90 Å². The molecule has 0 bridgehead atoms. The van der Waals surface area contributed by atoms with Gasteiger partial charge in [-0.2, -0.15) is 0 Å². The number of rotatable bonds is 5. The maximum atomic E-state index is 13.2. The highest BCUT2D eigenvalue weighted by molar-refractivity contribution is 6.32. The number of nitrogens with one attached hydrogen (secondary N) is 1. The number of fused-ring (bicyclic) bond motifs is 1. The summed E-state index contributed by atoms with van der Waals surface area (Å²) in [6, 6.07) is 18.2. The number of hydrogen-bond acceptors (Lipinski definition) is 3. The molecular weight excluding hydrogens is 432 g/mol. The molecule has 0 saturated carbocycles. The average molecular weight is 461 g/mol. The Labute approximate surface area is 200 Å². The smallest absolute Gasteiger partial charge is 0.249 e. The zero-order valence-electron chi connectivity index (χ0n) is 19.4. The zero-order valence-corrected chi connectivity index (χ0v) is 20.1. The summed E-state index contributed by atoms with van der Waals surface area (Å²) in [4.78, 5) is 18.1. The van der Waals surface area contributed by atoms with E-state index in [1.54, 1.807) is 30.3 Å². The lowest BCUT2D eigenvalue weighted by atomic mass is 9.88. The number of hydrogen-bond donors (Lipinski definition) is 2. The van der Waals surface area contributed by atoms with Gasteiger partial charge in [0.2, 0.25) is 5.91 Å². The first-order valence-electron chi connectivity index (χ1n) is 11.3. The van der Waals surface area contributed by atoms with E-state index in [0.717, 1.165) is 16.7 Å². The lowest BCUT2D eigenvalue weighted by molar-refractivity contribution is -0.117. The first kappa shape index (κ1) is 23.1.